The van der Waals surface area contributed by atoms with E-state index in [1.807, 2.05) is 0 Å². The van der Waals surface area contributed by atoms with Crippen molar-refractivity contribution in [2.75, 3.05) is 18.8 Å². The molecule has 1 heterocycles. The number of thioether (sulfide) groups is 1. The normalized spacial score (nSPS) is 22.5. The second-order valence-electron chi connectivity index (χ2n) is 5.84. The maximum Gasteiger partial charge on any atom is 0.191 e. The minimum Gasteiger partial charge on any atom is -0.467 e. The fraction of sp³-hybridized carbons (Fsp3) is 0.706. The van der Waals surface area contributed by atoms with E-state index in [9.17, 15) is 5.11 Å². The zero-order chi connectivity index (χ0) is 16.5. The van der Waals surface area contributed by atoms with Crippen LogP contribution in [0, 0.1) is 0 Å². The van der Waals surface area contributed by atoms with E-state index >= 15 is 0 Å². The van der Waals surface area contributed by atoms with Crippen molar-refractivity contribution in [2.24, 2.45) is 4.99 Å². The summed E-state index contributed by atoms with van der Waals surface area (Å²) in [6, 6.07) is 4.01. The number of hydrogen-bond donors (Lipinski definition) is 3. The minimum absolute atomic E-state index is 0. The number of halogens is 1. The van der Waals surface area contributed by atoms with Gasteiger partial charge in [-0.3, -0.25) is 4.99 Å². The summed E-state index contributed by atoms with van der Waals surface area (Å²) in [6.07, 6.45) is 5.83. The average Bonchev–Trinajstić information content (AvgIpc) is 3.08. The molecule has 0 amide bonds. The Morgan fingerprint density at radius 2 is 2.29 bits per heavy atom. The molecular weight excluding hydrogens is 437 g/mol. The van der Waals surface area contributed by atoms with Crippen LogP contribution in [0.25, 0.3) is 0 Å². The number of guanidine groups is 1. The van der Waals surface area contributed by atoms with Gasteiger partial charge in [0.15, 0.2) is 5.96 Å². The van der Waals surface area contributed by atoms with E-state index in [1.165, 1.54) is 31.4 Å². The van der Waals surface area contributed by atoms with E-state index < -0.39 is 6.10 Å². The number of nitrogens with zero attached hydrogens (tertiary/aromatic N) is 1. The third-order valence-electron chi connectivity index (χ3n) is 4.01. The summed E-state index contributed by atoms with van der Waals surface area (Å²) < 4.78 is 5.22. The molecule has 0 aliphatic heterocycles. The van der Waals surface area contributed by atoms with Crippen molar-refractivity contribution in [2.45, 2.75) is 56.9 Å². The first-order valence-electron chi connectivity index (χ1n) is 8.60. The molecule has 1 fully saturated rings. The van der Waals surface area contributed by atoms with Crippen LogP contribution in [0.4, 0.5) is 0 Å². The molecule has 1 aliphatic carbocycles. The van der Waals surface area contributed by atoms with E-state index in [0.717, 1.165) is 17.8 Å². The van der Waals surface area contributed by atoms with Crippen LogP contribution in [-0.2, 0) is 0 Å². The highest BCUT2D eigenvalue weighted by atomic mass is 127. The summed E-state index contributed by atoms with van der Waals surface area (Å²) in [5.74, 6) is 2.52. The van der Waals surface area contributed by atoms with Gasteiger partial charge in [0.05, 0.1) is 12.8 Å². The first-order valence-corrected chi connectivity index (χ1v) is 9.65. The number of rotatable bonds is 7. The van der Waals surface area contributed by atoms with Crippen LogP contribution >= 0.6 is 35.7 Å². The second kappa shape index (κ2) is 12.0. The Morgan fingerprint density at radius 3 is 2.96 bits per heavy atom. The molecule has 3 unspecified atom stereocenters. The van der Waals surface area contributed by atoms with Crippen LogP contribution < -0.4 is 10.6 Å². The standard InChI is InChI=1S/C17H29N3O2S.HI/c1-3-18-17(19-12-15(21)16-9-6-10-22-16)20-13-7-5-8-14(11-13)23-4-2;/h6,9-10,13-15,21H,3-5,7-8,11-12H2,1-2H3,(H2,18,19,20);1H. The van der Waals surface area contributed by atoms with Crippen LogP contribution in [0.3, 0.4) is 0 Å². The molecule has 1 aromatic rings. The fourth-order valence-corrected chi connectivity index (χ4v) is 4.10. The predicted molar refractivity (Wildman–Crippen MR) is 112 cm³/mol. The van der Waals surface area contributed by atoms with Gasteiger partial charge in [-0.15, -0.1) is 24.0 Å². The topological polar surface area (TPSA) is 69.8 Å². The third-order valence-corrected chi connectivity index (χ3v) is 5.24. The lowest BCUT2D eigenvalue weighted by atomic mass is 9.95. The zero-order valence-corrected chi connectivity index (χ0v) is 17.7. The number of aliphatic hydroxyl groups is 1. The highest BCUT2D eigenvalue weighted by Gasteiger charge is 2.22. The highest BCUT2D eigenvalue weighted by Crippen LogP contribution is 2.28. The van der Waals surface area contributed by atoms with Gasteiger partial charge in [-0.05, 0) is 44.1 Å². The number of hydrogen-bond acceptors (Lipinski definition) is 4. The van der Waals surface area contributed by atoms with Gasteiger partial charge in [-0.2, -0.15) is 11.8 Å². The number of nitrogens with one attached hydrogen (secondary N) is 2. The summed E-state index contributed by atoms with van der Waals surface area (Å²) in [7, 11) is 0. The van der Waals surface area contributed by atoms with Crippen molar-refractivity contribution in [1.82, 2.24) is 10.6 Å². The maximum atomic E-state index is 10.1. The van der Waals surface area contributed by atoms with Gasteiger partial charge in [0.1, 0.15) is 11.9 Å². The lowest BCUT2D eigenvalue weighted by molar-refractivity contribution is 0.158. The second-order valence-corrected chi connectivity index (χ2v) is 7.41. The molecule has 5 nitrogen and oxygen atoms in total. The fourth-order valence-electron chi connectivity index (χ4n) is 2.93. The Balaban J connectivity index is 0.00000288. The Hall–Kier alpha value is -0.410. The number of aliphatic imine (C=N–C) groups is 1. The van der Waals surface area contributed by atoms with Crippen LogP contribution in [0.2, 0.25) is 0 Å². The molecule has 0 radical (unpaired) electrons. The molecule has 3 atom stereocenters. The Kier molecular flexibility index (Phi) is 10.8. The lowest BCUT2D eigenvalue weighted by Crippen LogP contribution is -2.45. The van der Waals surface area contributed by atoms with Gasteiger partial charge in [0.2, 0.25) is 0 Å². The van der Waals surface area contributed by atoms with Crippen LogP contribution in [0.5, 0.6) is 0 Å². The number of furan rings is 1. The first-order chi connectivity index (χ1) is 11.2. The molecule has 0 saturated heterocycles. The minimum atomic E-state index is -0.699. The Morgan fingerprint density at radius 1 is 1.46 bits per heavy atom. The van der Waals surface area contributed by atoms with Crippen molar-refractivity contribution in [3.8, 4) is 0 Å². The van der Waals surface area contributed by atoms with Gasteiger partial charge in [-0.1, -0.05) is 13.3 Å². The monoisotopic (exact) mass is 467 g/mol. The predicted octanol–water partition coefficient (Wildman–Crippen LogP) is 3.55. The lowest BCUT2D eigenvalue weighted by Gasteiger charge is -2.30. The van der Waals surface area contributed by atoms with Gasteiger partial charge in [-0.25, -0.2) is 0 Å². The van der Waals surface area contributed by atoms with E-state index in [1.54, 1.807) is 18.4 Å². The van der Waals surface area contributed by atoms with Crippen LogP contribution in [0.15, 0.2) is 27.8 Å². The van der Waals surface area contributed by atoms with Crippen molar-refractivity contribution in [1.29, 1.82) is 0 Å². The SMILES string of the molecule is CCNC(=NCC(O)c1ccco1)NC1CCCC(SCC)C1.I. The smallest absolute Gasteiger partial charge is 0.191 e. The molecule has 2 rings (SSSR count). The molecule has 1 saturated carbocycles. The molecule has 0 aromatic carbocycles. The average molecular weight is 467 g/mol. The Labute approximate surface area is 166 Å². The van der Waals surface area contributed by atoms with Crippen molar-refractivity contribution in [3.05, 3.63) is 24.2 Å². The van der Waals surface area contributed by atoms with E-state index in [0.29, 0.717) is 18.3 Å². The number of aliphatic hydroxyl groups excluding tert-OH is 1. The van der Waals surface area contributed by atoms with Gasteiger partial charge >= 0.3 is 0 Å². The highest BCUT2D eigenvalue weighted by molar-refractivity contribution is 14.0. The quantitative estimate of drug-likeness (QED) is 0.325. The van der Waals surface area contributed by atoms with Crippen LogP contribution in [0.1, 0.15) is 51.4 Å². The van der Waals surface area contributed by atoms with E-state index in [-0.39, 0.29) is 24.0 Å². The summed E-state index contributed by atoms with van der Waals surface area (Å²) >= 11 is 2.06. The molecule has 138 valence electrons. The molecule has 0 spiro atoms. The molecule has 1 aromatic heterocycles. The van der Waals surface area contributed by atoms with Crippen molar-refractivity contribution in [3.63, 3.8) is 0 Å². The molecule has 0 bridgehead atoms. The van der Waals surface area contributed by atoms with Gasteiger partial charge in [0, 0.05) is 17.8 Å². The zero-order valence-electron chi connectivity index (χ0n) is 14.5. The van der Waals surface area contributed by atoms with E-state index in [4.69, 9.17) is 4.42 Å². The summed E-state index contributed by atoms with van der Waals surface area (Å²) in [5.41, 5.74) is 0. The Bertz CT molecular complexity index is 468. The third kappa shape index (κ3) is 7.23. The molecule has 1 aliphatic rings. The van der Waals surface area contributed by atoms with E-state index in [2.05, 4.69) is 41.2 Å². The summed E-state index contributed by atoms with van der Waals surface area (Å²) in [4.78, 5) is 4.51. The van der Waals surface area contributed by atoms with Crippen molar-refractivity contribution >= 4 is 41.7 Å². The maximum absolute atomic E-state index is 10.1. The molecular formula is C17H30IN3O2S. The van der Waals surface area contributed by atoms with Crippen molar-refractivity contribution < 1.29 is 9.52 Å². The van der Waals surface area contributed by atoms with Crippen LogP contribution in [-0.4, -0.2) is 41.2 Å². The molecule has 24 heavy (non-hydrogen) atoms. The first kappa shape index (κ1) is 21.6. The molecule has 3 N–H and O–H groups in total. The molecule has 7 heteroatoms. The van der Waals surface area contributed by atoms with Gasteiger partial charge < -0.3 is 20.2 Å². The summed E-state index contributed by atoms with van der Waals surface area (Å²) in [6.45, 7) is 5.38. The largest absolute Gasteiger partial charge is 0.467 e. The van der Waals surface area contributed by atoms with Gasteiger partial charge in [0.25, 0.3) is 0 Å². The summed E-state index contributed by atoms with van der Waals surface area (Å²) in [5, 5.41) is 17.6.